The van der Waals surface area contributed by atoms with Gasteiger partial charge in [0.1, 0.15) is 13.2 Å². The molecule has 0 aliphatic carbocycles. The Kier molecular flexibility index (Phi) is 6.13. The molecule has 7 heteroatoms. The van der Waals surface area contributed by atoms with Crippen LogP contribution in [0.4, 0.5) is 4.39 Å². The van der Waals surface area contributed by atoms with Gasteiger partial charge in [0, 0.05) is 18.4 Å². The van der Waals surface area contributed by atoms with Crippen molar-refractivity contribution in [1.82, 2.24) is 5.32 Å². The van der Waals surface area contributed by atoms with E-state index in [-0.39, 0.29) is 30.3 Å². The zero-order valence-corrected chi connectivity index (χ0v) is 15.8. The molecule has 1 heterocycles. The third-order valence-electron chi connectivity index (χ3n) is 4.50. The summed E-state index contributed by atoms with van der Waals surface area (Å²) in [7, 11) is 1.39. The van der Waals surface area contributed by atoms with Gasteiger partial charge in [0.25, 0.3) is 0 Å². The maximum atomic E-state index is 13.8. The molecule has 2 aromatic carbocycles. The largest absolute Gasteiger partial charge is 0.494 e. The van der Waals surface area contributed by atoms with Gasteiger partial charge in [-0.05, 0) is 42.8 Å². The van der Waals surface area contributed by atoms with E-state index in [9.17, 15) is 14.0 Å². The average Bonchev–Trinajstić information content (AvgIpc) is 2.71. The van der Waals surface area contributed by atoms with Crippen LogP contribution in [-0.4, -0.2) is 32.0 Å². The minimum atomic E-state index is -0.491. The van der Waals surface area contributed by atoms with Crippen molar-refractivity contribution in [3.05, 3.63) is 53.3 Å². The van der Waals surface area contributed by atoms with Crippen molar-refractivity contribution in [1.29, 1.82) is 0 Å². The molecule has 3 rings (SSSR count). The van der Waals surface area contributed by atoms with Gasteiger partial charge in [0.05, 0.1) is 13.2 Å². The highest BCUT2D eigenvalue weighted by Gasteiger charge is 2.17. The standard InChI is InChI=1S/C21H22FNO5/c1-13(14-3-6-18(26-2)16(22)11-14)23-21(25)8-5-17(24)15-4-7-19-20(12-15)28-10-9-27-19/h3-4,6-7,11-13H,5,8-10H2,1-2H3,(H,23,25). The third kappa shape index (κ3) is 4.60. The molecule has 0 radical (unpaired) electrons. The van der Waals surface area contributed by atoms with E-state index in [1.807, 2.05) is 0 Å². The Balaban J connectivity index is 1.53. The highest BCUT2D eigenvalue weighted by atomic mass is 19.1. The number of benzene rings is 2. The summed E-state index contributed by atoms with van der Waals surface area (Å²) in [6.45, 7) is 2.68. The van der Waals surface area contributed by atoms with Crippen molar-refractivity contribution >= 4 is 11.7 Å². The minimum absolute atomic E-state index is 0.0379. The molecule has 0 aromatic heterocycles. The molecule has 0 saturated carbocycles. The van der Waals surface area contributed by atoms with Gasteiger partial charge in [-0.2, -0.15) is 0 Å². The molecular weight excluding hydrogens is 365 g/mol. The predicted molar refractivity (Wildman–Crippen MR) is 101 cm³/mol. The first-order chi connectivity index (χ1) is 13.5. The van der Waals surface area contributed by atoms with E-state index >= 15 is 0 Å². The molecule has 1 N–H and O–H groups in total. The number of rotatable bonds is 7. The summed E-state index contributed by atoms with van der Waals surface area (Å²) in [6, 6.07) is 9.13. The van der Waals surface area contributed by atoms with Crippen LogP contribution in [0.2, 0.25) is 0 Å². The Morgan fingerprint density at radius 3 is 2.57 bits per heavy atom. The monoisotopic (exact) mass is 387 g/mol. The Labute approximate surface area is 162 Å². The van der Waals surface area contributed by atoms with E-state index in [1.54, 1.807) is 31.2 Å². The zero-order chi connectivity index (χ0) is 20.1. The first kappa shape index (κ1) is 19.7. The lowest BCUT2D eigenvalue weighted by molar-refractivity contribution is -0.121. The molecule has 0 bridgehead atoms. The van der Waals surface area contributed by atoms with Gasteiger partial charge in [-0.15, -0.1) is 0 Å². The van der Waals surface area contributed by atoms with Crippen LogP contribution in [0.3, 0.4) is 0 Å². The van der Waals surface area contributed by atoms with Gasteiger partial charge in [0.15, 0.2) is 28.8 Å². The summed E-state index contributed by atoms with van der Waals surface area (Å²) in [6.07, 6.45) is 0.103. The number of ketones is 1. The molecule has 6 nitrogen and oxygen atoms in total. The molecule has 0 fully saturated rings. The van der Waals surface area contributed by atoms with Crippen molar-refractivity contribution < 1.29 is 28.2 Å². The van der Waals surface area contributed by atoms with Crippen LogP contribution in [0, 0.1) is 5.82 Å². The number of Topliss-reactive ketones (excluding diaryl/α,β-unsaturated/α-hetero) is 1. The topological polar surface area (TPSA) is 73.9 Å². The second kappa shape index (κ2) is 8.73. The second-order valence-electron chi connectivity index (χ2n) is 6.46. The van der Waals surface area contributed by atoms with Crippen LogP contribution < -0.4 is 19.5 Å². The molecule has 148 valence electrons. The van der Waals surface area contributed by atoms with Gasteiger partial charge in [-0.3, -0.25) is 9.59 Å². The molecule has 1 unspecified atom stereocenters. The van der Waals surface area contributed by atoms with E-state index in [2.05, 4.69) is 5.32 Å². The van der Waals surface area contributed by atoms with E-state index in [0.29, 0.717) is 35.8 Å². The highest BCUT2D eigenvalue weighted by molar-refractivity contribution is 5.98. The number of hydrogen-bond acceptors (Lipinski definition) is 5. The summed E-state index contributed by atoms with van der Waals surface area (Å²) in [5.74, 6) is 0.366. The number of nitrogens with one attached hydrogen (secondary N) is 1. The van der Waals surface area contributed by atoms with E-state index in [1.165, 1.54) is 19.2 Å². The van der Waals surface area contributed by atoms with Crippen molar-refractivity contribution in [2.45, 2.75) is 25.8 Å². The fraction of sp³-hybridized carbons (Fsp3) is 0.333. The molecular formula is C21H22FNO5. The van der Waals surface area contributed by atoms with Gasteiger partial charge >= 0.3 is 0 Å². The number of halogens is 1. The number of fused-ring (bicyclic) bond motifs is 1. The Bertz CT molecular complexity index is 883. The highest BCUT2D eigenvalue weighted by Crippen LogP contribution is 2.31. The molecule has 0 saturated heterocycles. The molecule has 28 heavy (non-hydrogen) atoms. The lowest BCUT2D eigenvalue weighted by Gasteiger charge is -2.18. The van der Waals surface area contributed by atoms with Gasteiger partial charge in [0.2, 0.25) is 5.91 Å². The Hall–Kier alpha value is -3.09. The normalized spacial score (nSPS) is 13.5. The number of carbonyl (C=O) groups is 2. The predicted octanol–water partition coefficient (Wildman–Crippen LogP) is 3.45. The van der Waals surface area contributed by atoms with Crippen LogP contribution >= 0.6 is 0 Å². The van der Waals surface area contributed by atoms with Crippen molar-refractivity contribution in [3.63, 3.8) is 0 Å². The maximum Gasteiger partial charge on any atom is 0.220 e. The summed E-state index contributed by atoms with van der Waals surface area (Å²) >= 11 is 0. The van der Waals surface area contributed by atoms with Crippen molar-refractivity contribution in [2.24, 2.45) is 0 Å². The number of carbonyl (C=O) groups excluding carboxylic acids is 2. The fourth-order valence-electron chi connectivity index (χ4n) is 2.94. The van der Waals surface area contributed by atoms with Crippen LogP contribution in [0.15, 0.2) is 36.4 Å². The van der Waals surface area contributed by atoms with E-state index in [0.717, 1.165) is 0 Å². The smallest absolute Gasteiger partial charge is 0.220 e. The summed E-state index contributed by atoms with van der Waals surface area (Å²) in [5, 5.41) is 2.77. The average molecular weight is 387 g/mol. The fourth-order valence-corrected chi connectivity index (χ4v) is 2.94. The Morgan fingerprint density at radius 1 is 1.11 bits per heavy atom. The number of ether oxygens (including phenoxy) is 3. The van der Waals surface area contributed by atoms with Crippen LogP contribution in [0.1, 0.15) is 41.7 Å². The number of hydrogen-bond donors (Lipinski definition) is 1. The second-order valence-corrected chi connectivity index (χ2v) is 6.46. The zero-order valence-electron chi connectivity index (χ0n) is 15.8. The molecule has 1 aliphatic rings. The first-order valence-corrected chi connectivity index (χ1v) is 9.03. The summed E-state index contributed by atoms with van der Waals surface area (Å²) < 4.78 is 29.6. The molecule has 0 spiro atoms. The molecule has 1 amide bonds. The van der Waals surface area contributed by atoms with Crippen molar-refractivity contribution in [3.8, 4) is 17.2 Å². The Morgan fingerprint density at radius 2 is 1.86 bits per heavy atom. The van der Waals surface area contributed by atoms with Gasteiger partial charge in [-0.25, -0.2) is 4.39 Å². The molecule has 2 aromatic rings. The minimum Gasteiger partial charge on any atom is -0.494 e. The first-order valence-electron chi connectivity index (χ1n) is 9.03. The summed E-state index contributed by atoms with van der Waals surface area (Å²) in [5.41, 5.74) is 1.09. The van der Waals surface area contributed by atoms with E-state index < -0.39 is 11.9 Å². The van der Waals surface area contributed by atoms with Gasteiger partial charge in [-0.1, -0.05) is 6.07 Å². The van der Waals surface area contributed by atoms with Crippen LogP contribution in [-0.2, 0) is 4.79 Å². The van der Waals surface area contributed by atoms with Crippen LogP contribution in [0.25, 0.3) is 0 Å². The number of amides is 1. The lowest BCUT2D eigenvalue weighted by atomic mass is 10.0. The lowest BCUT2D eigenvalue weighted by Crippen LogP contribution is -2.27. The summed E-state index contributed by atoms with van der Waals surface area (Å²) in [4.78, 5) is 24.5. The molecule has 1 aliphatic heterocycles. The van der Waals surface area contributed by atoms with Crippen molar-refractivity contribution in [2.75, 3.05) is 20.3 Å². The SMILES string of the molecule is COc1ccc(C(C)NC(=O)CCC(=O)c2ccc3c(c2)OCCO3)cc1F. The molecule has 1 atom stereocenters. The number of methoxy groups -OCH3 is 1. The quantitative estimate of drug-likeness (QED) is 0.737. The van der Waals surface area contributed by atoms with Crippen LogP contribution in [0.5, 0.6) is 17.2 Å². The third-order valence-corrected chi connectivity index (χ3v) is 4.50. The van der Waals surface area contributed by atoms with E-state index in [4.69, 9.17) is 14.2 Å². The van der Waals surface area contributed by atoms with Gasteiger partial charge < -0.3 is 19.5 Å². The maximum absolute atomic E-state index is 13.8.